The lowest BCUT2D eigenvalue weighted by molar-refractivity contribution is 0.257. The van der Waals surface area contributed by atoms with Crippen LogP contribution in [-0.4, -0.2) is 0 Å². The van der Waals surface area contributed by atoms with E-state index >= 15 is 0 Å². The third kappa shape index (κ3) is 2.33. The van der Waals surface area contributed by atoms with Gasteiger partial charge in [0.2, 0.25) is 0 Å². The molecule has 2 aromatic rings. The van der Waals surface area contributed by atoms with Crippen LogP contribution in [0.4, 0.5) is 0 Å². The zero-order chi connectivity index (χ0) is 13.5. The van der Waals surface area contributed by atoms with Crippen LogP contribution in [0.2, 0.25) is 0 Å². The fourth-order valence-electron chi connectivity index (χ4n) is 3.60. The molecule has 1 fully saturated rings. The zero-order valence-corrected chi connectivity index (χ0v) is 13.3. The lowest BCUT2D eigenvalue weighted by atomic mass is 9.78. The monoisotopic (exact) mass is 316 g/mol. The summed E-state index contributed by atoms with van der Waals surface area (Å²) in [5.74, 6) is 0.735. The molecule has 2 atom stereocenters. The normalized spacial score (nSPS) is 23.6. The third-order valence-electron chi connectivity index (χ3n) is 4.81. The highest BCUT2D eigenvalue weighted by Crippen LogP contribution is 2.52. The number of hydrogen-bond acceptors (Lipinski definition) is 0. The minimum Gasteiger partial charge on any atom is -0.0835 e. The van der Waals surface area contributed by atoms with Gasteiger partial charge in [0.25, 0.3) is 0 Å². The summed E-state index contributed by atoms with van der Waals surface area (Å²) in [4.78, 5) is 0.469. The van der Waals surface area contributed by atoms with Gasteiger partial charge in [0.05, 0.1) is 0 Å². The Morgan fingerprint density at radius 1 is 1.11 bits per heavy atom. The van der Waals surface area contributed by atoms with Crippen molar-refractivity contribution in [2.45, 2.75) is 37.9 Å². The molecule has 0 bridgehead atoms. The highest BCUT2D eigenvalue weighted by atomic mass is 79.9. The highest BCUT2D eigenvalue weighted by Gasteiger charge is 2.39. The predicted octanol–water partition coefficient (Wildman–Crippen LogP) is 6.10. The molecule has 0 spiro atoms. The van der Waals surface area contributed by atoms with Crippen LogP contribution >= 0.6 is 15.9 Å². The summed E-state index contributed by atoms with van der Waals surface area (Å²) in [7, 11) is 0. The van der Waals surface area contributed by atoms with Crippen LogP contribution in [0.3, 0.4) is 0 Å². The van der Waals surface area contributed by atoms with E-state index in [1.54, 1.807) is 0 Å². The molecule has 0 nitrogen and oxygen atoms in total. The Morgan fingerprint density at radius 2 is 1.84 bits per heavy atom. The molecule has 1 aliphatic carbocycles. The average Bonchev–Trinajstić information content (AvgIpc) is 2.77. The summed E-state index contributed by atoms with van der Waals surface area (Å²) in [6, 6.07) is 15.4. The Hall–Kier alpha value is -0.820. The van der Waals surface area contributed by atoms with Gasteiger partial charge in [0.1, 0.15) is 0 Å². The Morgan fingerprint density at radius 3 is 2.58 bits per heavy atom. The highest BCUT2D eigenvalue weighted by molar-refractivity contribution is 9.09. The molecule has 2 aromatic carbocycles. The molecule has 19 heavy (non-hydrogen) atoms. The number of halogens is 1. The molecule has 3 rings (SSSR count). The first-order chi connectivity index (χ1) is 9.09. The van der Waals surface area contributed by atoms with Gasteiger partial charge in [-0.2, -0.15) is 0 Å². The number of fused-ring (bicyclic) bond motifs is 1. The minimum absolute atomic E-state index is 0.450. The molecule has 1 heteroatoms. The Balaban J connectivity index is 2.04. The van der Waals surface area contributed by atoms with Crippen LogP contribution in [-0.2, 0) is 0 Å². The topological polar surface area (TPSA) is 0 Å². The fraction of sp³-hybridized carbons (Fsp3) is 0.444. The number of hydrogen-bond donors (Lipinski definition) is 0. The van der Waals surface area contributed by atoms with Crippen LogP contribution < -0.4 is 0 Å². The van der Waals surface area contributed by atoms with Crippen LogP contribution in [0.5, 0.6) is 0 Å². The van der Waals surface area contributed by atoms with E-state index in [9.17, 15) is 0 Å². The van der Waals surface area contributed by atoms with Crippen LogP contribution in [0.15, 0.2) is 42.5 Å². The molecule has 0 saturated heterocycles. The molecule has 0 heterocycles. The van der Waals surface area contributed by atoms with Gasteiger partial charge in [-0.15, -0.1) is 0 Å². The van der Waals surface area contributed by atoms with Crippen LogP contribution in [0.25, 0.3) is 10.8 Å². The second-order valence-corrected chi connectivity index (χ2v) is 7.44. The summed E-state index contributed by atoms with van der Waals surface area (Å²) in [5, 5.41) is 2.75. The van der Waals surface area contributed by atoms with Crippen molar-refractivity contribution in [2.24, 2.45) is 11.3 Å². The Bertz CT molecular complexity index is 580. The first kappa shape index (κ1) is 13.2. The number of alkyl halides is 1. The molecule has 100 valence electrons. The smallest absolute Gasteiger partial charge is 0.0434 e. The molecule has 0 aliphatic heterocycles. The minimum atomic E-state index is 0.450. The molecule has 2 unspecified atom stereocenters. The van der Waals surface area contributed by atoms with E-state index in [-0.39, 0.29) is 0 Å². The van der Waals surface area contributed by atoms with E-state index in [1.165, 1.54) is 35.6 Å². The van der Waals surface area contributed by atoms with E-state index < -0.39 is 0 Å². The van der Waals surface area contributed by atoms with Crippen molar-refractivity contribution in [3.8, 4) is 0 Å². The summed E-state index contributed by atoms with van der Waals surface area (Å²) in [5.41, 5.74) is 1.91. The van der Waals surface area contributed by atoms with Crippen LogP contribution in [0, 0.1) is 11.3 Å². The Labute approximate surface area is 124 Å². The van der Waals surface area contributed by atoms with E-state index in [2.05, 4.69) is 72.2 Å². The van der Waals surface area contributed by atoms with Gasteiger partial charge in [-0.25, -0.2) is 0 Å². The molecular weight excluding hydrogens is 296 g/mol. The molecule has 0 amide bonds. The van der Waals surface area contributed by atoms with Crippen molar-refractivity contribution >= 4 is 26.7 Å². The maximum Gasteiger partial charge on any atom is 0.0434 e. The summed E-state index contributed by atoms with van der Waals surface area (Å²) >= 11 is 4.01. The number of benzene rings is 2. The summed E-state index contributed by atoms with van der Waals surface area (Å²) in [6.45, 7) is 4.84. The predicted molar refractivity (Wildman–Crippen MR) is 86.7 cm³/mol. The third-order valence-corrected chi connectivity index (χ3v) is 5.95. The van der Waals surface area contributed by atoms with Gasteiger partial charge in [-0.1, -0.05) is 78.7 Å². The van der Waals surface area contributed by atoms with Crippen molar-refractivity contribution in [3.63, 3.8) is 0 Å². The molecule has 0 aromatic heterocycles. The first-order valence-electron chi connectivity index (χ1n) is 7.21. The van der Waals surface area contributed by atoms with Gasteiger partial charge in [-0.05, 0) is 40.5 Å². The van der Waals surface area contributed by atoms with Gasteiger partial charge in [0, 0.05) is 4.83 Å². The van der Waals surface area contributed by atoms with Gasteiger partial charge in [-0.3, -0.25) is 0 Å². The second-order valence-electron chi connectivity index (χ2n) is 6.46. The molecule has 0 N–H and O–H groups in total. The SMILES string of the molecule is CC1(C)CCCC1C(Br)c1cccc2ccccc12. The van der Waals surface area contributed by atoms with E-state index in [4.69, 9.17) is 0 Å². The molecule has 1 saturated carbocycles. The van der Waals surface area contributed by atoms with Gasteiger partial charge < -0.3 is 0 Å². The summed E-state index contributed by atoms with van der Waals surface area (Å²) < 4.78 is 0. The van der Waals surface area contributed by atoms with E-state index in [1.807, 2.05) is 0 Å². The lowest BCUT2D eigenvalue weighted by Gasteiger charge is -2.31. The average molecular weight is 317 g/mol. The maximum atomic E-state index is 4.01. The van der Waals surface area contributed by atoms with Gasteiger partial charge in [0.15, 0.2) is 0 Å². The lowest BCUT2D eigenvalue weighted by Crippen LogP contribution is -2.21. The zero-order valence-electron chi connectivity index (χ0n) is 11.7. The van der Waals surface area contributed by atoms with Gasteiger partial charge >= 0.3 is 0 Å². The Kier molecular flexibility index (Phi) is 3.42. The molecule has 1 aliphatic rings. The second kappa shape index (κ2) is 4.94. The maximum absolute atomic E-state index is 4.01. The summed E-state index contributed by atoms with van der Waals surface area (Å²) in [6.07, 6.45) is 4.06. The van der Waals surface area contributed by atoms with Crippen molar-refractivity contribution in [2.75, 3.05) is 0 Å². The van der Waals surface area contributed by atoms with Crippen molar-refractivity contribution in [1.82, 2.24) is 0 Å². The van der Waals surface area contributed by atoms with Crippen molar-refractivity contribution in [1.29, 1.82) is 0 Å². The number of rotatable bonds is 2. The molecule has 0 radical (unpaired) electrons. The molecular formula is C18H21Br. The van der Waals surface area contributed by atoms with Crippen molar-refractivity contribution in [3.05, 3.63) is 48.0 Å². The first-order valence-corrected chi connectivity index (χ1v) is 8.13. The standard InChI is InChI=1S/C18H21Br/c1-18(2)12-6-11-16(18)17(19)15-10-5-8-13-7-3-4-9-14(13)15/h3-5,7-10,16-17H,6,11-12H2,1-2H3. The van der Waals surface area contributed by atoms with E-state index in [0.29, 0.717) is 10.2 Å². The quantitative estimate of drug-likeness (QED) is 0.587. The largest absolute Gasteiger partial charge is 0.0835 e. The van der Waals surface area contributed by atoms with E-state index in [0.717, 1.165) is 5.92 Å². The fourth-order valence-corrected chi connectivity index (χ4v) is 4.98. The van der Waals surface area contributed by atoms with Crippen molar-refractivity contribution < 1.29 is 0 Å². The van der Waals surface area contributed by atoms with Crippen LogP contribution in [0.1, 0.15) is 43.5 Å².